The number of carbonyl (C=O) groups excluding carboxylic acids is 2. The Bertz CT molecular complexity index is 1460. The molecule has 3 aromatic carbocycles. The number of nitrogens with one attached hydrogen (secondary N) is 1. The molecule has 0 bridgehead atoms. The zero-order valence-electron chi connectivity index (χ0n) is 23.9. The lowest BCUT2D eigenvalue weighted by Gasteiger charge is -2.34. The minimum Gasteiger partial charge on any atom is -0.354 e. The highest BCUT2D eigenvalue weighted by atomic mass is 35.5. The highest BCUT2D eigenvalue weighted by Crippen LogP contribution is 2.29. The van der Waals surface area contributed by atoms with E-state index in [1.807, 2.05) is 39.8 Å². The van der Waals surface area contributed by atoms with Crippen LogP contribution in [0.1, 0.15) is 50.3 Å². The third-order valence-electron chi connectivity index (χ3n) is 6.82. The second kappa shape index (κ2) is 14.7. The van der Waals surface area contributed by atoms with Gasteiger partial charge in [-0.25, -0.2) is 8.42 Å². The molecule has 0 saturated carbocycles. The molecule has 0 heterocycles. The highest BCUT2D eigenvalue weighted by molar-refractivity contribution is 7.92. The minimum absolute atomic E-state index is 0.000725. The van der Waals surface area contributed by atoms with Crippen LogP contribution >= 0.6 is 23.2 Å². The van der Waals surface area contributed by atoms with Gasteiger partial charge in [0.25, 0.3) is 10.0 Å². The number of carbonyl (C=O) groups is 2. The lowest BCUT2D eigenvalue weighted by atomic mass is 10.1. The monoisotopic (exact) mass is 617 g/mol. The van der Waals surface area contributed by atoms with Gasteiger partial charge < -0.3 is 10.2 Å². The van der Waals surface area contributed by atoms with Crippen molar-refractivity contribution in [2.45, 2.75) is 64.4 Å². The summed E-state index contributed by atoms with van der Waals surface area (Å²) >= 11 is 12.6. The van der Waals surface area contributed by atoms with Gasteiger partial charge in [-0.05, 0) is 67.6 Å². The number of nitrogens with zero attached hydrogens (tertiary/aromatic N) is 2. The van der Waals surface area contributed by atoms with Crippen LogP contribution in [0.5, 0.6) is 0 Å². The van der Waals surface area contributed by atoms with Gasteiger partial charge in [0.15, 0.2) is 0 Å². The first-order valence-corrected chi connectivity index (χ1v) is 15.9. The Labute approximate surface area is 253 Å². The number of halogens is 2. The number of hydrogen-bond donors (Lipinski definition) is 1. The van der Waals surface area contributed by atoms with Crippen molar-refractivity contribution in [2.24, 2.45) is 0 Å². The largest absolute Gasteiger partial charge is 0.354 e. The highest BCUT2D eigenvalue weighted by Gasteiger charge is 2.34. The fraction of sp³-hybridized carbons (Fsp3) is 0.355. The van der Waals surface area contributed by atoms with Crippen LogP contribution in [-0.2, 0) is 32.6 Å². The Hall–Kier alpha value is -3.07. The Balaban J connectivity index is 2.11. The van der Waals surface area contributed by atoms with Crippen LogP contribution in [-0.4, -0.2) is 44.3 Å². The maximum Gasteiger partial charge on any atom is 0.264 e. The summed E-state index contributed by atoms with van der Waals surface area (Å²) in [6.07, 6.45) is 1.61. The summed E-state index contributed by atoms with van der Waals surface area (Å²) in [6, 6.07) is 17.7. The predicted molar refractivity (Wildman–Crippen MR) is 166 cm³/mol. The SMILES string of the molecule is CCCNC(=O)C(CC)N(Cc1ccc(Cl)cc1Cl)C(=O)CN(c1ccccc1CC)S(=O)(=O)c1ccc(C)cc1. The normalized spacial score (nSPS) is 12.0. The quantitative estimate of drug-likeness (QED) is 0.241. The van der Waals surface area contributed by atoms with Gasteiger partial charge in [-0.3, -0.25) is 13.9 Å². The number of rotatable bonds is 13. The van der Waals surface area contributed by atoms with Crippen molar-refractivity contribution >= 4 is 50.7 Å². The lowest BCUT2D eigenvalue weighted by molar-refractivity contribution is -0.140. The summed E-state index contributed by atoms with van der Waals surface area (Å²) in [5, 5.41) is 3.66. The molecule has 2 amide bonds. The van der Waals surface area contributed by atoms with Crippen LogP contribution in [0, 0.1) is 6.92 Å². The van der Waals surface area contributed by atoms with E-state index in [-0.39, 0.29) is 17.3 Å². The molecule has 0 aliphatic rings. The Kier molecular flexibility index (Phi) is 11.6. The number of anilines is 1. The molecule has 0 fully saturated rings. The van der Waals surface area contributed by atoms with E-state index in [4.69, 9.17) is 23.2 Å². The van der Waals surface area contributed by atoms with Crippen molar-refractivity contribution in [3.05, 3.63) is 93.5 Å². The average molecular weight is 619 g/mol. The van der Waals surface area contributed by atoms with Crippen molar-refractivity contribution in [3.8, 4) is 0 Å². The fourth-order valence-corrected chi connectivity index (χ4v) is 6.44. The first kappa shape index (κ1) is 32.4. The minimum atomic E-state index is -4.14. The van der Waals surface area contributed by atoms with Crippen molar-refractivity contribution in [2.75, 3.05) is 17.4 Å². The number of para-hydroxylation sites is 1. The van der Waals surface area contributed by atoms with E-state index >= 15 is 0 Å². The predicted octanol–water partition coefficient (Wildman–Crippen LogP) is 6.39. The Morgan fingerprint density at radius 2 is 1.61 bits per heavy atom. The standard InChI is InChI=1S/C31H37Cl2N3O4S/c1-5-18-34-31(38)28(7-3)35(20-24-14-15-25(32)19-27(24)33)30(37)21-36(29-11-9-8-10-23(29)6-2)41(39,40)26-16-12-22(4)13-17-26/h8-17,19,28H,5-7,18,20-21H2,1-4H3,(H,34,38). The number of sulfonamides is 1. The zero-order chi connectivity index (χ0) is 30.2. The summed E-state index contributed by atoms with van der Waals surface area (Å²) in [4.78, 5) is 28.9. The second-order valence-corrected chi connectivity index (χ2v) is 12.5. The maximum absolute atomic E-state index is 14.2. The van der Waals surface area contributed by atoms with Gasteiger partial charge in [-0.2, -0.15) is 0 Å². The van der Waals surface area contributed by atoms with Crippen LogP contribution in [0.15, 0.2) is 71.6 Å². The molecule has 41 heavy (non-hydrogen) atoms. The maximum atomic E-state index is 14.2. The molecule has 0 aliphatic carbocycles. The van der Waals surface area contributed by atoms with E-state index in [1.165, 1.54) is 17.0 Å². The van der Waals surface area contributed by atoms with E-state index in [9.17, 15) is 18.0 Å². The summed E-state index contributed by atoms with van der Waals surface area (Å²) in [5.74, 6) is -0.842. The van der Waals surface area contributed by atoms with E-state index < -0.39 is 28.5 Å². The molecule has 0 aliphatic heterocycles. The Morgan fingerprint density at radius 3 is 2.22 bits per heavy atom. The van der Waals surface area contributed by atoms with Gasteiger partial charge in [0.2, 0.25) is 11.8 Å². The zero-order valence-corrected chi connectivity index (χ0v) is 26.2. The van der Waals surface area contributed by atoms with Crippen molar-refractivity contribution < 1.29 is 18.0 Å². The van der Waals surface area contributed by atoms with Gasteiger partial charge >= 0.3 is 0 Å². The molecule has 1 atom stereocenters. The molecular formula is C31H37Cl2N3O4S. The number of amides is 2. The molecule has 1 unspecified atom stereocenters. The van der Waals surface area contributed by atoms with Crippen LogP contribution in [0.25, 0.3) is 0 Å². The van der Waals surface area contributed by atoms with Crippen molar-refractivity contribution in [3.63, 3.8) is 0 Å². The fourth-order valence-electron chi connectivity index (χ4n) is 4.52. The molecule has 220 valence electrons. The molecule has 10 heteroatoms. The molecule has 3 aromatic rings. The third-order valence-corrected chi connectivity index (χ3v) is 9.18. The first-order valence-electron chi connectivity index (χ1n) is 13.7. The summed E-state index contributed by atoms with van der Waals surface area (Å²) in [5.41, 5.74) is 2.69. The Morgan fingerprint density at radius 1 is 0.927 bits per heavy atom. The molecule has 0 saturated heterocycles. The van der Waals surface area contributed by atoms with Gasteiger partial charge in [0.1, 0.15) is 12.6 Å². The van der Waals surface area contributed by atoms with Crippen LogP contribution in [0.2, 0.25) is 10.0 Å². The van der Waals surface area contributed by atoms with E-state index in [2.05, 4.69) is 5.32 Å². The first-order chi connectivity index (χ1) is 19.5. The molecular weight excluding hydrogens is 581 g/mol. The van der Waals surface area contributed by atoms with E-state index in [1.54, 1.807) is 42.5 Å². The van der Waals surface area contributed by atoms with Crippen LogP contribution < -0.4 is 9.62 Å². The van der Waals surface area contributed by atoms with Crippen LogP contribution in [0.4, 0.5) is 5.69 Å². The molecule has 0 spiro atoms. The topological polar surface area (TPSA) is 86.8 Å². The van der Waals surface area contributed by atoms with E-state index in [0.29, 0.717) is 40.7 Å². The molecule has 3 rings (SSSR count). The summed E-state index contributed by atoms with van der Waals surface area (Å²) < 4.78 is 29.3. The molecule has 0 radical (unpaired) electrons. The number of benzene rings is 3. The van der Waals surface area contributed by atoms with Crippen molar-refractivity contribution in [1.29, 1.82) is 0 Å². The van der Waals surface area contributed by atoms with Crippen molar-refractivity contribution in [1.82, 2.24) is 10.2 Å². The number of aryl methyl sites for hydroxylation is 2. The summed E-state index contributed by atoms with van der Waals surface area (Å²) in [7, 11) is -4.14. The molecule has 7 nitrogen and oxygen atoms in total. The van der Waals surface area contributed by atoms with Crippen LogP contribution in [0.3, 0.4) is 0 Å². The summed E-state index contributed by atoms with van der Waals surface area (Å²) in [6.45, 7) is 7.51. The van der Waals surface area contributed by atoms with Gasteiger partial charge in [0, 0.05) is 23.1 Å². The van der Waals surface area contributed by atoms with Gasteiger partial charge in [-0.15, -0.1) is 0 Å². The van der Waals surface area contributed by atoms with Gasteiger partial charge in [-0.1, -0.05) is 85.9 Å². The lowest BCUT2D eigenvalue weighted by Crippen LogP contribution is -2.52. The molecule has 0 aromatic heterocycles. The van der Waals surface area contributed by atoms with E-state index in [0.717, 1.165) is 21.9 Å². The smallest absolute Gasteiger partial charge is 0.264 e. The van der Waals surface area contributed by atoms with Gasteiger partial charge in [0.05, 0.1) is 10.6 Å². The average Bonchev–Trinajstić information content (AvgIpc) is 2.95. The molecule has 1 N–H and O–H groups in total. The number of hydrogen-bond acceptors (Lipinski definition) is 4. The second-order valence-electron chi connectivity index (χ2n) is 9.78. The third kappa shape index (κ3) is 8.03.